The van der Waals surface area contributed by atoms with Crippen LogP contribution in [0.15, 0.2) is 22.4 Å². The minimum Gasteiger partial charge on any atom is -0.167 e. The van der Waals surface area contributed by atoms with Crippen molar-refractivity contribution >= 4 is 12.9 Å². The Balaban J connectivity index is 3.37. The van der Waals surface area contributed by atoms with Crippen LogP contribution in [-0.2, 0) is 0 Å². The molecule has 0 fully saturated rings. The molecule has 2 nitrogen and oxygen atoms in total. The molecule has 0 aromatic carbocycles. The summed E-state index contributed by atoms with van der Waals surface area (Å²) in [5.74, 6) is 0.710. The van der Waals surface area contributed by atoms with E-state index in [9.17, 15) is 0 Å². The van der Waals surface area contributed by atoms with Gasteiger partial charge in [-0.15, -0.1) is 0 Å². The number of hydrogen-bond acceptors (Lipinski definition) is 2. The Morgan fingerprint density at radius 2 is 2.20 bits per heavy atom. The molecule has 0 rings (SSSR count). The van der Waals surface area contributed by atoms with Gasteiger partial charge in [-0.25, -0.2) is 0 Å². The highest BCUT2D eigenvalue weighted by Gasteiger charge is 1.84. The summed E-state index contributed by atoms with van der Waals surface area (Å²) in [5, 5.41) is 6.89. The zero-order valence-electron chi connectivity index (χ0n) is 6.62. The van der Waals surface area contributed by atoms with E-state index in [1.807, 2.05) is 6.08 Å². The Bertz CT molecular complexity index is 134. The molecule has 0 N–H and O–H groups in total. The van der Waals surface area contributed by atoms with E-state index in [1.165, 1.54) is 0 Å². The molecular weight excluding hydrogens is 124 g/mol. The van der Waals surface area contributed by atoms with Crippen molar-refractivity contribution in [2.45, 2.75) is 20.3 Å². The van der Waals surface area contributed by atoms with Gasteiger partial charge in [-0.2, -0.15) is 10.2 Å². The van der Waals surface area contributed by atoms with Crippen LogP contribution < -0.4 is 0 Å². The van der Waals surface area contributed by atoms with Gasteiger partial charge in [-0.3, -0.25) is 0 Å². The van der Waals surface area contributed by atoms with Crippen LogP contribution in [0.1, 0.15) is 20.3 Å². The summed E-state index contributed by atoms with van der Waals surface area (Å²) < 4.78 is 0. The Hall–Kier alpha value is -0.920. The fourth-order valence-corrected chi connectivity index (χ4v) is 0.497. The minimum absolute atomic E-state index is 0.710. The molecule has 0 heterocycles. The highest BCUT2D eigenvalue weighted by atomic mass is 15.2. The number of rotatable bonds is 4. The number of hydrogen-bond donors (Lipinski definition) is 0. The van der Waals surface area contributed by atoms with Gasteiger partial charge >= 0.3 is 0 Å². The molecule has 0 unspecified atom stereocenters. The van der Waals surface area contributed by atoms with Crippen LogP contribution in [0, 0.1) is 5.92 Å². The van der Waals surface area contributed by atoms with Crippen LogP contribution in [0.2, 0.25) is 0 Å². The molecule has 0 aromatic rings. The van der Waals surface area contributed by atoms with Crippen LogP contribution in [0.5, 0.6) is 0 Å². The second kappa shape index (κ2) is 6.20. The molecule has 0 aliphatic rings. The summed E-state index contributed by atoms with van der Waals surface area (Å²) in [4.78, 5) is 0. The van der Waals surface area contributed by atoms with Crippen LogP contribution in [0.25, 0.3) is 0 Å². The number of allylic oxidation sites excluding steroid dienone is 2. The lowest BCUT2D eigenvalue weighted by atomic mass is 10.1. The predicted molar refractivity (Wildman–Crippen MR) is 46.6 cm³/mol. The minimum atomic E-state index is 0.710. The van der Waals surface area contributed by atoms with Crippen molar-refractivity contribution in [3.63, 3.8) is 0 Å². The molecule has 10 heavy (non-hydrogen) atoms. The summed E-state index contributed by atoms with van der Waals surface area (Å²) in [5.41, 5.74) is 0. The predicted octanol–water partition coefficient (Wildman–Crippen LogP) is 2.28. The molecule has 0 aliphatic carbocycles. The third-order valence-corrected chi connectivity index (χ3v) is 0.978. The fourth-order valence-electron chi connectivity index (χ4n) is 0.497. The summed E-state index contributed by atoms with van der Waals surface area (Å²) in [6, 6.07) is 0. The maximum absolute atomic E-state index is 3.57. The molecule has 0 saturated heterocycles. The molecule has 0 aromatic heterocycles. The van der Waals surface area contributed by atoms with Gasteiger partial charge in [0, 0.05) is 12.9 Å². The molecule has 0 aliphatic heterocycles. The van der Waals surface area contributed by atoms with Gasteiger partial charge in [0.25, 0.3) is 0 Å². The smallest absolute Gasteiger partial charge is 0.0492 e. The Morgan fingerprint density at radius 3 is 2.70 bits per heavy atom. The van der Waals surface area contributed by atoms with E-state index in [-0.39, 0.29) is 0 Å². The first-order valence-corrected chi connectivity index (χ1v) is 3.41. The van der Waals surface area contributed by atoms with Crippen molar-refractivity contribution in [1.29, 1.82) is 0 Å². The summed E-state index contributed by atoms with van der Waals surface area (Å²) in [7, 11) is 0. The fraction of sp³-hybridized carbons (Fsp3) is 0.500. The van der Waals surface area contributed by atoms with E-state index in [1.54, 1.807) is 6.21 Å². The second-order valence-electron chi connectivity index (χ2n) is 2.46. The average molecular weight is 138 g/mol. The van der Waals surface area contributed by atoms with E-state index in [2.05, 4.69) is 36.8 Å². The Morgan fingerprint density at radius 1 is 1.50 bits per heavy atom. The normalized spacial score (nSPS) is 11.9. The van der Waals surface area contributed by atoms with E-state index < -0.39 is 0 Å². The van der Waals surface area contributed by atoms with Gasteiger partial charge in [0.15, 0.2) is 0 Å². The maximum atomic E-state index is 3.57. The quantitative estimate of drug-likeness (QED) is 0.420. The van der Waals surface area contributed by atoms with Gasteiger partial charge < -0.3 is 0 Å². The topological polar surface area (TPSA) is 24.7 Å². The van der Waals surface area contributed by atoms with Crippen molar-refractivity contribution in [1.82, 2.24) is 0 Å². The molecule has 56 valence electrons. The summed E-state index contributed by atoms with van der Waals surface area (Å²) in [6.45, 7) is 7.56. The summed E-state index contributed by atoms with van der Waals surface area (Å²) >= 11 is 0. The number of nitrogens with zero attached hydrogens (tertiary/aromatic N) is 2. The highest BCUT2D eigenvalue weighted by Crippen LogP contribution is 1.98. The molecule has 0 spiro atoms. The van der Waals surface area contributed by atoms with Crippen molar-refractivity contribution in [2.75, 3.05) is 0 Å². The van der Waals surface area contributed by atoms with Crippen molar-refractivity contribution < 1.29 is 0 Å². The average Bonchev–Trinajstić information content (AvgIpc) is 1.87. The first-order valence-electron chi connectivity index (χ1n) is 3.41. The highest BCUT2D eigenvalue weighted by molar-refractivity contribution is 5.70. The lowest BCUT2D eigenvalue weighted by Gasteiger charge is -1.93. The van der Waals surface area contributed by atoms with Crippen molar-refractivity contribution in [3.05, 3.63) is 12.2 Å². The third-order valence-electron chi connectivity index (χ3n) is 0.978. The maximum Gasteiger partial charge on any atom is 0.0492 e. The third kappa shape index (κ3) is 7.08. The van der Waals surface area contributed by atoms with E-state index in [4.69, 9.17) is 0 Å². The van der Waals surface area contributed by atoms with E-state index in [0.717, 1.165) is 6.42 Å². The molecule has 0 saturated carbocycles. The Kier molecular flexibility index (Phi) is 5.63. The zero-order chi connectivity index (χ0) is 7.82. The van der Waals surface area contributed by atoms with Crippen LogP contribution >= 0.6 is 0 Å². The lowest BCUT2D eigenvalue weighted by Crippen LogP contribution is -1.80. The SMILES string of the molecule is C=N/N=C/C=C\CC(C)C. The van der Waals surface area contributed by atoms with Gasteiger partial charge in [0.05, 0.1) is 0 Å². The lowest BCUT2D eigenvalue weighted by molar-refractivity contribution is 0.664. The first kappa shape index (κ1) is 9.08. The molecule has 0 radical (unpaired) electrons. The monoisotopic (exact) mass is 138 g/mol. The van der Waals surface area contributed by atoms with Crippen LogP contribution in [-0.4, -0.2) is 12.9 Å². The molecular formula is C8H14N2. The largest absolute Gasteiger partial charge is 0.167 e. The Labute approximate surface area is 62.4 Å². The van der Waals surface area contributed by atoms with E-state index in [0.29, 0.717) is 5.92 Å². The zero-order valence-corrected chi connectivity index (χ0v) is 6.62. The van der Waals surface area contributed by atoms with Gasteiger partial charge in [0.1, 0.15) is 0 Å². The van der Waals surface area contributed by atoms with Gasteiger partial charge in [-0.1, -0.05) is 19.9 Å². The second-order valence-corrected chi connectivity index (χ2v) is 2.46. The van der Waals surface area contributed by atoms with Crippen LogP contribution in [0.4, 0.5) is 0 Å². The first-order chi connectivity index (χ1) is 4.77. The van der Waals surface area contributed by atoms with Gasteiger partial charge in [-0.05, 0) is 18.4 Å². The molecule has 0 bridgehead atoms. The van der Waals surface area contributed by atoms with Gasteiger partial charge in [0.2, 0.25) is 0 Å². The molecule has 2 heteroatoms. The molecule has 0 amide bonds. The standard InChI is InChI=1S/C8H14N2/c1-8(2)6-4-5-7-10-9-3/h4-5,7-8H,3,6H2,1-2H3/b5-4-,10-7+. The van der Waals surface area contributed by atoms with Crippen molar-refractivity contribution in [2.24, 2.45) is 16.1 Å². The molecule has 0 atom stereocenters. The summed E-state index contributed by atoms with van der Waals surface area (Å²) in [6.07, 6.45) is 6.67. The van der Waals surface area contributed by atoms with E-state index >= 15 is 0 Å². The van der Waals surface area contributed by atoms with Crippen molar-refractivity contribution in [3.8, 4) is 0 Å². The van der Waals surface area contributed by atoms with Crippen LogP contribution in [0.3, 0.4) is 0 Å².